The molecule has 1 aliphatic heterocycles. The zero-order valence-electron chi connectivity index (χ0n) is 9.46. The molecule has 0 aromatic heterocycles. The molecule has 0 aliphatic carbocycles. The van der Waals surface area contributed by atoms with Gasteiger partial charge >= 0.3 is 0 Å². The van der Waals surface area contributed by atoms with Crippen LogP contribution in [-0.4, -0.2) is 18.0 Å². The molecular formula is C11H22O2. The summed E-state index contributed by atoms with van der Waals surface area (Å²) in [7, 11) is 0. The van der Waals surface area contributed by atoms with Gasteiger partial charge in [-0.25, -0.2) is 0 Å². The number of hydrogen-bond acceptors (Lipinski definition) is 2. The van der Waals surface area contributed by atoms with Crippen molar-refractivity contribution in [2.45, 2.75) is 65.5 Å². The van der Waals surface area contributed by atoms with E-state index in [1.54, 1.807) is 0 Å². The Hall–Kier alpha value is -0.0800. The van der Waals surface area contributed by atoms with Gasteiger partial charge in [-0.1, -0.05) is 6.92 Å². The first-order valence-corrected chi connectivity index (χ1v) is 5.28. The lowest BCUT2D eigenvalue weighted by Crippen LogP contribution is -2.25. The lowest BCUT2D eigenvalue weighted by atomic mass is 9.95. The topological polar surface area (TPSA) is 18.5 Å². The molecule has 0 amide bonds. The Labute approximate surface area is 81.6 Å². The van der Waals surface area contributed by atoms with E-state index in [-0.39, 0.29) is 18.0 Å². The summed E-state index contributed by atoms with van der Waals surface area (Å²) < 4.78 is 11.6. The van der Waals surface area contributed by atoms with Gasteiger partial charge in [-0.3, -0.25) is 0 Å². The fourth-order valence-corrected chi connectivity index (χ4v) is 1.93. The zero-order valence-corrected chi connectivity index (χ0v) is 9.46. The molecule has 2 unspecified atom stereocenters. The van der Waals surface area contributed by atoms with Gasteiger partial charge in [0.15, 0.2) is 6.29 Å². The van der Waals surface area contributed by atoms with Crippen molar-refractivity contribution in [3.63, 3.8) is 0 Å². The van der Waals surface area contributed by atoms with Gasteiger partial charge < -0.3 is 9.47 Å². The smallest absolute Gasteiger partial charge is 0.161 e. The first-order valence-electron chi connectivity index (χ1n) is 5.28. The largest absolute Gasteiger partial charge is 0.350 e. The van der Waals surface area contributed by atoms with Crippen molar-refractivity contribution in [3.8, 4) is 0 Å². The summed E-state index contributed by atoms with van der Waals surface area (Å²) in [6.07, 6.45) is 2.52. The third kappa shape index (κ3) is 2.96. The second-order valence-electron chi connectivity index (χ2n) is 4.80. The van der Waals surface area contributed by atoms with E-state index in [1.165, 1.54) is 0 Å². The first-order chi connectivity index (χ1) is 5.94. The maximum Gasteiger partial charge on any atom is 0.161 e. The van der Waals surface area contributed by atoms with E-state index < -0.39 is 0 Å². The molecule has 2 heteroatoms. The molecule has 0 aromatic carbocycles. The van der Waals surface area contributed by atoms with Gasteiger partial charge in [-0.05, 0) is 40.5 Å². The average molecular weight is 186 g/mol. The lowest BCUT2D eigenvalue weighted by Gasteiger charge is -2.22. The fraction of sp³-hybridized carbons (Fsp3) is 1.00. The second kappa shape index (κ2) is 3.97. The van der Waals surface area contributed by atoms with Crippen molar-refractivity contribution in [3.05, 3.63) is 0 Å². The molecule has 1 heterocycles. The van der Waals surface area contributed by atoms with Gasteiger partial charge in [0.25, 0.3) is 0 Å². The average Bonchev–Trinajstić information content (AvgIpc) is 2.24. The Morgan fingerprint density at radius 1 is 1.46 bits per heavy atom. The molecule has 2 atom stereocenters. The summed E-state index contributed by atoms with van der Waals surface area (Å²) in [6, 6.07) is 0. The molecule has 78 valence electrons. The monoisotopic (exact) mass is 186 g/mol. The molecule has 0 saturated carbocycles. The highest BCUT2D eigenvalue weighted by Crippen LogP contribution is 2.37. The summed E-state index contributed by atoms with van der Waals surface area (Å²) >= 11 is 0. The third-order valence-electron chi connectivity index (χ3n) is 2.50. The molecule has 0 bridgehead atoms. The zero-order chi connectivity index (χ0) is 10.1. The molecule has 1 fully saturated rings. The Morgan fingerprint density at radius 3 is 2.54 bits per heavy atom. The van der Waals surface area contributed by atoms with E-state index in [0.29, 0.717) is 5.92 Å². The first kappa shape index (κ1) is 11.0. The quantitative estimate of drug-likeness (QED) is 0.674. The van der Waals surface area contributed by atoms with Crippen LogP contribution in [0, 0.1) is 5.92 Å². The van der Waals surface area contributed by atoms with Gasteiger partial charge in [0.05, 0.1) is 11.7 Å². The van der Waals surface area contributed by atoms with Crippen LogP contribution >= 0.6 is 0 Å². The van der Waals surface area contributed by atoms with Crippen LogP contribution in [0.15, 0.2) is 0 Å². The van der Waals surface area contributed by atoms with Crippen molar-refractivity contribution < 1.29 is 9.47 Å². The Morgan fingerprint density at radius 2 is 2.08 bits per heavy atom. The van der Waals surface area contributed by atoms with Gasteiger partial charge in [0.2, 0.25) is 0 Å². The molecule has 0 N–H and O–H groups in total. The van der Waals surface area contributed by atoms with Crippen LogP contribution in [0.4, 0.5) is 0 Å². The molecule has 1 saturated heterocycles. The van der Waals surface area contributed by atoms with E-state index in [1.807, 2.05) is 0 Å². The number of rotatable bonds is 3. The lowest BCUT2D eigenvalue weighted by molar-refractivity contribution is -0.187. The predicted molar refractivity (Wildman–Crippen MR) is 53.6 cm³/mol. The van der Waals surface area contributed by atoms with Gasteiger partial charge in [0, 0.05) is 5.92 Å². The highest BCUT2D eigenvalue weighted by molar-refractivity contribution is 4.83. The van der Waals surface area contributed by atoms with Crippen molar-refractivity contribution in [2.24, 2.45) is 5.92 Å². The number of hydrogen-bond donors (Lipinski definition) is 0. The highest BCUT2D eigenvalue weighted by atomic mass is 16.7. The van der Waals surface area contributed by atoms with Crippen LogP contribution in [0.25, 0.3) is 0 Å². The standard InChI is InChI=1S/C11H22O2/c1-6-9-7-11(4,5)13-10(9)12-8(2)3/h8-10H,6-7H2,1-5H3. The van der Waals surface area contributed by atoms with Crippen molar-refractivity contribution in [1.82, 2.24) is 0 Å². The minimum atomic E-state index is 0.000231. The number of ether oxygens (including phenoxy) is 2. The molecular weight excluding hydrogens is 164 g/mol. The highest BCUT2D eigenvalue weighted by Gasteiger charge is 2.40. The molecule has 13 heavy (non-hydrogen) atoms. The van der Waals surface area contributed by atoms with Crippen molar-refractivity contribution in [1.29, 1.82) is 0 Å². The van der Waals surface area contributed by atoms with E-state index in [9.17, 15) is 0 Å². The second-order valence-corrected chi connectivity index (χ2v) is 4.80. The van der Waals surface area contributed by atoms with Crippen molar-refractivity contribution in [2.75, 3.05) is 0 Å². The van der Waals surface area contributed by atoms with Crippen LogP contribution in [0.2, 0.25) is 0 Å². The SMILES string of the molecule is CCC1CC(C)(C)OC1OC(C)C. The summed E-state index contributed by atoms with van der Waals surface area (Å²) in [5.74, 6) is 0.567. The Kier molecular flexibility index (Phi) is 3.36. The van der Waals surface area contributed by atoms with E-state index in [4.69, 9.17) is 9.47 Å². The van der Waals surface area contributed by atoms with Crippen LogP contribution in [0.5, 0.6) is 0 Å². The molecule has 0 aromatic rings. The van der Waals surface area contributed by atoms with E-state index in [2.05, 4.69) is 34.6 Å². The maximum absolute atomic E-state index is 5.84. The van der Waals surface area contributed by atoms with Crippen LogP contribution in [-0.2, 0) is 9.47 Å². The van der Waals surface area contributed by atoms with Gasteiger partial charge in [0.1, 0.15) is 0 Å². The summed E-state index contributed by atoms with van der Waals surface area (Å²) in [5.41, 5.74) is 0.000231. The Bertz CT molecular complexity index is 163. The van der Waals surface area contributed by atoms with Gasteiger partial charge in [-0.15, -0.1) is 0 Å². The molecule has 1 rings (SSSR count). The minimum Gasteiger partial charge on any atom is -0.350 e. The molecule has 0 spiro atoms. The van der Waals surface area contributed by atoms with E-state index >= 15 is 0 Å². The molecule has 0 radical (unpaired) electrons. The van der Waals surface area contributed by atoms with Crippen LogP contribution in [0.3, 0.4) is 0 Å². The summed E-state index contributed by atoms with van der Waals surface area (Å²) in [6.45, 7) is 10.6. The minimum absolute atomic E-state index is 0.000231. The van der Waals surface area contributed by atoms with Crippen molar-refractivity contribution >= 4 is 0 Å². The van der Waals surface area contributed by atoms with Crippen LogP contribution in [0.1, 0.15) is 47.5 Å². The fourth-order valence-electron chi connectivity index (χ4n) is 1.93. The Balaban J connectivity index is 2.53. The summed E-state index contributed by atoms with van der Waals surface area (Å²) in [5, 5.41) is 0. The van der Waals surface area contributed by atoms with E-state index in [0.717, 1.165) is 12.8 Å². The normalized spacial score (nSPS) is 32.8. The maximum atomic E-state index is 5.84. The third-order valence-corrected chi connectivity index (χ3v) is 2.50. The van der Waals surface area contributed by atoms with Gasteiger partial charge in [-0.2, -0.15) is 0 Å². The summed E-state index contributed by atoms with van der Waals surface area (Å²) in [4.78, 5) is 0. The van der Waals surface area contributed by atoms with Crippen LogP contribution < -0.4 is 0 Å². The molecule has 1 aliphatic rings. The predicted octanol–water partition coefficient (Wildman–Crippen LogP) is 2.96. The molecule has 2 nitrogen and oxygen atoms in total.